The highest BCUT2D eigenvalue weighted by atomic mass is 35.5. The average molecular weight is 544 g/mol. The molecule has 0 saturated carbocycles. The van der Waals surface area contributed by atoms with Gasteiger partial charge in [-0.15, -0.1) is 0 Å². The van der Waals surface area contributed by atoms with Gasteiger partial charge in [-0.05, 0) is 80.4 Å². The quantitative estimate of drug-likeness (QED) is 0.295. The van der Waals surface area contributed by atoms with E-state index in [0.717, 1.165) is 21.3 Å². The summed E-state index contributed by atoms with van der Waals surface area (Å²) in [6.45, 7) is 7.68. The topological polar surface area (TPSA) is 89.8 Å². The number of benzene rings is 3. The van der Waals surface area contributed by atoms with Crippen LogP contribution in [-0.4, -0.2) is 32.1 Å². The molecule has 0 fully saturated rings. The Labute approximate surface area is 219 Å². The average Bonchev–Trinajstić information content (AvgIpc) is 3.16. The molecule has 4 aromatic rings. The van der Waals surface area contributed by atoms with E-state index in [-0.39, 0.29) is 16.1 Å². The van der Waals surface area contributed by atoms with Crippen LogP contribution in [-0.2, 0) is 21.3 Å². The van der Waals surface area contributed by atoms with Crippen LogP contribution in [0.25, 0.3) is 10.2 Å². The molecule has 7 nitrogen and oxygen atoms in total. The number of fused-ring (bicyclic) bond motifs is 1. The molecule has 0 aliphatic heterocycles. The molecule has 0 aliphatic carbocycles. The molecule has 1 amide bonds. The number of nitrogens with one attached hydrogen (secondary N) is 1. The second-order valence-electron chi connectivity index (χ2n) is 8.22. The first-order valence-corrected chi connectivity index (χ1v) is 14.0. The molecule has 0 atom stereocenters. The van der Waals surface area contributed by atoms with Gasteiger partial charge in [-0.25, -0.2) is 8.42 Å². The number of carbonyl (C=O) groups excluding carboxylic acids is 1. The Morgan fingerprint density at radius 3 is 2.58 bits per heavy atom. The lowest BCUT2D eigenvalue weighted by molar-refractivity contribution is 0.0996. The number of hydrogen-bond donors (Lipinski definition) is 1. The Hall–Kier alpha value is -2.98. The van der Waals surface area contributed by atoms with Crippen LogP contribution in [0.3, 0.4) is 0 Å². The van der Waals surface area contributed by atoms with Crippen molar-refractivity contribution < 1.29 is 17.9 Å². The largest absolute Gasteiger partial charge is 0.380 e. The molecule has 0 unspecified atom stereocenters. The molecule has 10 heteroatoms. The van der Waals surface area contributed by atoms with Crippen LogP contribution < -0.4 is 9.52 Å². The molecule has 0 aliphatic rings. The lowest BCUT2D eigenvalue weighted by Crippen LogP contribution is -2.20. The number of ether oxygens (including phenoxy) is 1. The molecule has 1 aromatic heterocycles. The van der Waals surface area contributed by atoms with Crippen molar-refractivity contribution in [3.8, 4) is 0 Å². The van der Waals surface area contributed by atoms with Gasteiger partial charge >= 0.3 is 0 Å². The van der Waals surface area contributed by atoms with Crippen molar-refractivity contribution in [2.24, 2.45) is 4.99 Å². The second-order valence-corrected chi connectivity index (χ2v) is 11.3. The van der Waals surface area contributed by atoms with E-state index in [1.807, 2.05) is 25.3 Å². The van der Waals surface area contributed by atoms with E-state index in [0.29, 0.717) is 29.6 Å². The van der Waals surface area contributed by atoms with Crippen molar-refractivity contribution in [1.82, 2.24) is 4.57 Å². The highest BCUT2D eigenvalue weighted by Gasteiger charge is 2.16. The van der Waals surface area contributed by atoms with E-state index in [4.69, 9.17) is 16.3 Å². The zero-order valence-corrected chi connectivity index (χ0v) is 22.5. The molecule has 1 N–H and O–H groups in total. The van der Waals surface area contributed by atoms with E-state index < -0.39 is 15.9 Å². The summed E-state index contributed by atoms with van der Waals surface area (Å²) >= 11 is 7.31. The first kappa shape index (κ1) is 26.1. The van der Waals surface area contributed by atoms with Gasteiger partial charge in [-0.1, -0.05) is 35.1 Å². The van der Waals surface area contributed by atoms with Crippen molar-refractivity contribution in [3.63, 3.8) is 0 Å². The van der Waals surface area contributed by atoms with E-state index in [2.05, 4.69) is 21.8 Å². The van der Waals surface area contributed by atoms with E-state index in [9.17, 15) is 13.2 Å². The van der Waals surface area contributed by atoms with Gasteiger partial charge in [0, 0.05) is 29.4 Å². The first-order valence-electron chi connectivity index (χ1n) is 11.3. The zero-order valence-electron chi connectivity index (χ0n) is 20.1. The molecule has 0 radical (unpaired) electrons. The van der Waals surface area contributed by atoms with E-state index in [1.54, 1.807) is 18.2 Å². The van der Waals surface area contributed by atoms with E-state index in [1.165, 1.54) is 41.7 Å². The molecule has 4 rings (SSSR count). The summed E-state index contributed by atoms with van der Waals surface area (Å²) < 4.78 is 36.6. The molecule has 36 heavy (non-hydrogen) atoms. The molecular formula is C26H26ClN3O4S2. The molecule has 3 aromatic carbocycles. The maximum Gasteiger partial charge on any atom is 0.279 e. The third kappa shape index (κ3) is 5.87. The SMILES string of the molecule is CCOCCn1c(=NC(=O)c2cccc(NS(=O)(=O)c3ccc(Cl)cc3)c2)sc2c(C)cc(C)cc21. The van der Waals surface area contributed by atoms with Gasteiger partial charge < -0.3 is 9.30 Å². The Balaban J connectivity index is 1.68. The smallest absolute Gasteiger partial charge is 0.279 e. The predicted molar refractivity (Wildman–Crippen MR) is 144 cm³/mol. The molecule has 1 heterocycles. The number of nitrogens with zero attached hydrogens (tertiary/aromatic N) is 2. The summed E-state index contributed by atoms with van der Waals surface area (Å²) in [4.78, 5) is 18.2. The number of halogens is 1. The summed E-state index contributed by atoms with van der Waals surface area (Å²) in [7, 11) is -3.84. The van der Waals surface area contributed by atoms with Crippen LogP contribution in [0.2, 0.25) is 5.02 Å². The minimum atomic E-state index is -3.84. The summed E-state index contributed by atoms with van der Waals surface area (Å²) in [5.41, 5.74) is 3.79. The molecule has 188 valence electrons. The standard InChI is InChI=1S/C26H26ClN3O4S2/c1-4-34-13-12-30-23-15-17(2)14-18(3)24(23)35-26(30)28-25(31)19-6-5-7-21(16-19)29-36(32,33)22-10-8-20(27)9-11-22/h5-11,14-16,29H,4,12-13H2,1-3H3. The van der Waals surface area contributed by atoms with Gasteiger partial charge in [-0.2, -0.15) is 4.99 Å². The minimum absolute atomic E-state index is 0.0691. The van der Waals surface area contributed by atoms with Gasteiger partial charge in [0.25, 0.3) is 15.9 Å². The highest BCUT2D eigenvalue weighted by molar-refractivity contribution is 7.92. The summed E-state index contributed by atoms with van der Waals surface area (Å²) in [6.07, 6.45) is 0. The van der Waals surface area contributed by atoms with Gasteiger partial charge in [0.2, 0.25) is 0 Å². The Morgan fingerprint density at radius 2 is 1.86 bits per heavy atom. The second kappa shape index (κ2) is 11.0. The number of rotatable bonds is 8. The Morgan fingerprint density at radius 1 is 1.11 bits per heavy atom. The van der Waals surface area contributed by atoms with Crippen LogP contribution in [0.5, 0.6) is 0 Å². The van der Waals surface area contributed by atoms with Gasteiger partial charge in [0.05, 0.1) is 21.7 Å². The fourth-order valence-corrected chi connectivity index (χ4v) is 6.09. The summed E-state index contributed by atoms with van der Waals surface area (Å²) in [6, 6.07) is 16.3. The number of carbonyl (C=O) groups is 1. The summed E-state index contributed by atoms with van der Waals surface area (Å²) in [5.74, 6) is -0.464. The number of hydrogen-bond acceptors (Lipinski definition) is 5. The third-order valence-corrected chi connectivity index (χ3v) is 8.34. The van der Waals surface area contributed by atoms with Crippen LogP contribution in [0.4, 0.5) is 5.69 Å². The first-order chi connectivity index (χ1) is 17.2. The highest BCUT2D eigenvalue weighted by Crippen LogP contribution is 2.24. The van der Waals surface area contributed by atoms with Crippen LogP contribution in [0, 0.1) is 13.8 Å². The molecular weight excluding hydrogens is 518 g/mol. The number of aromatic nitrogens is 1. The zero-order chi connectivity index (χ0) is 25.9. The molecule has 0 bridgehead atoms. The van der Waals surface area contributed by atoms with Crippen LogP contribution in [0.15, 0.2) is 70.6 Å². The van der Waals surface area contributed by atoms with Gasteiger partial charge in [0.1, 0.15) is 0 Å². The van der Waals surface area contributed by atoms with Crippen molar-refractivity contribution in [3.05, 3.63) is 87.2 Å². The Bertz CT molecular complexity index is 1590. The normalized spacial score (nSPS) is 12.3. The van der Waals surface area contributed by atoms with Crippen molar-refractivity contribution in [1.29, 1.82) is 0 Å². The molecule has 0 saturated heterocycles. The number of amides is 1. The number of anilines is 1. The van der Waals surface area contributed by atoms with Crippen LogP contribution >= 0.6 is 22.9 Å². The van der Waals surface area contributed by atoms with Gasteiger partial charge in [-0.3, -0.25) is 9.52 Å². The number of aryl methyl sites for hydroxylation is 2. The Kier molecular flexibility index (Phi) is 7.94. The van der Waals surface area contributed by atoms with Crippen molar-refractivity contribution in [2.45, 2.75) is 32.2 Å². The third-order valence-electron chi connectivity index (χ3n) is 5.46. The van der Waals surface area contributed by atoms with Crippen LogP contribution in [0.1, 0.15) is 28.4 Å². The van der Waals surface area contributed by atoms with Crippen molar-refractivity contribution >= 4 is 54.8 Å². The predicted octanol–water partition coefficient (Wildman–Crippen LogP) is 5.55. The lowest BCUT2D eigenvalue weighted by atomic mass is 10.1. The number of thiazole rings is 1. The van der Waals surface area contributed by atoms with Crippen molar-refractivity contribution in [2.75, 3.05) is 17.9 Å². The monoisotopic (exact) mass is 543 g/mol. The number of sulfonamides is 1. The fraction of sp³-hybridized carbons (Fsp3) is 0.231. The fourth-order valence-electron chi connectivity index (χ4n) is 3.81. The maximum absolute atomic E-state index is 13.2. The maximum atomic E-state index is 13.2. The lowest BCUT2D eigenvalue weighted by Gasteiger charge is -2.09. The summed E-state index contributed by atoms with van der Waals surface area (Å²) in [5, 5.41) is 0.438. The van der Waals surface area contributed by atoms with Gasteiger partial charge in [0.15, 0.2) is 4.80 Å². The van der Waals surface area contributed by atoms with E-state index >= 15 is 0 Å². The minimum Gasteiger partial charge on any atom is -0.380 e. The molecule has 0 spiro atoms.